The number of ether oxygens (including phenoxy) is 1. The topological polar surface area (TPSA) is 55.2 Å². The fraction of sp³-hybridized carbons (Fsp3) is 0.750. The molecule has 5 heteroatoms. The van der Waals surface area contributed by atoms with E-state index in [0.29, 0.717) is 23.9 Å². The van der Waals surface area contributed by atoms with Crippen molar-refractivity contribution in [3.05, 3.63) is 22.5 Å². The van der Waals surface area contributed by atoms with Crippen molar-refractivity contribution in [2.75, 3.05) is 13.7 Å². The lowest BCUT2D eigenvalue weighted by Crippen LogP contribution is -2.38. The van der Waals surface area contributed by atoms with E-state index < -0.39 is 5.60 Å². The van der Waals surface area contributed by atoms with Gasteiger partial charge in [0, 0.05) is 17.4 Å². The molecule has 0 saturated heterocycles. The number of aromatic nitrogens is 2. The normalized spacial score (nSPS) is 28.1. The molecule has 1 N–H and O–H groups in total. The van der Waals surface area contributed by atoms with Crippen LogP contribution in [0.15, 0.2) is 6.07 Å². The third-order valence-corrected chi connectivity index (χ3v) is 8.47. The molecule has 29 heavy (non-hydrogen) atoms. The summed E-state index contributed by atoms with van der Waals surface area (Å²) >= 11 is 1.89. The summed E-state index contributed by atoms with van der Waals surface area (Å²) in [5.74, 6) is 2.16. The van der Waals surface area contributed by atoms with Crippen LogP contribution < -0.4 is 0 Å². The zero-order valence-corrected chi connectivity index (χ0v) is 19.3. The molecular weight excluding hydrogens is 380 g/mol. The smallest absolute Gasteiger partial charge is 0.127 e. The predicted molar refractivity (Wildman–Crippen MR) is 120 cm³/mol. The van der Waals surface area contributed by atoms with E-state index >= 15 is 0 Å². The van der Waals surface area contributed by atoms with Crippen LogP contribution >= 0.6 is 11.3 Å². The third kappa shape index (κ3) is 4.83. The van der Waals surface area contributed by atoms with Crippen molar-refractivity contribution in [2.24, 2.45) is 11.3 Å². The van der Waals surface area contributed by atoms with Crippen molar-refractivity contribution < 1.29 is 9.84 Å². The second-order valence-corrected chi connectivity index (χ2v) is 11.4. The molecule has 0 aromatic carbocycles. The molecule has 0 spiro atoms. The summed E-state index contributed by atoms with van der Waals surface area (Å²) in [6, 6.07) is 2.40. The van der Waals surface area contributed by atoms with Crippen LogP contribution in [0.2, 0.25) is 0 Å². The lowest BCUT2D eigenvalue weighted by molar-refractivity contribution is -0.0641. The molecule has 0 aliphatic heterocycles. The number of nitrogens with zero attached hydrogens (tertiary/aromatic N) is 2. The van der Waals surface area contributed by atoms with Gasteiger partial charge in [-0.05, 0) is 88.0 Å². The first kappa shape index (κ1) is 21.2. The lowest BCUT2D eigenvalue weighted by atomic mass is 9.73. The van der Waals surface area contributed by atoms with E-state index in [-0.39, 0.29) is 0 Å². The summed E-state index contributed by atoms with van der Waals surface area (Å²) in [6.07, 6.45) is 9.95. The standard InChI is InChI=1S/C24H36N2O2S/c1-16-25-20(13-17-5-11-24(27,12-6-17)15-28-4)19-14-21(29-22(19)26-16)18-7-9-23(2,3)10-8-18/h14,17-18,27H,5-13,15H2,1-4H3. The van der Waals surface area contributed by atoms with E-state index in [4.69, 9.17) is 14.7 Å². The van der Waals surface area contributed by atoms with Crippen LogP contribution in [0.25, 0.3) is 10.2 Å². The quantitative estimate of drug-likeness (QED) is 0.670. The van der Waals surface area contributed by atoms with Crippen molar-refractivity contribution in [1.29, 1.82) is 0 Å². The van der Waals surface area contributed by atoms with Crippen LogP contribution in [-0.2, 0) is 11.2 Å². The number of hydrogen-bond donors (Lipinski definition) is 1. The van der Waals surface area contributed by atoms with Crippen molar-refractivity contribution in [3.63, 3.8) is 0 Å². The fourth-order valence-electron chi connectivity index (χ4n) is 5.26. The summed E-state index contributed by atoms with van der Waals surface area (Å²) < 4.78 is 5.22. The van der Waals surface area contributed by atoms with E-state index in [9.17, 15) is 5.11 Å². The van der Waals surface area contributed by atoms with Gasteiger partial charge in [0.2, 0.25) is 0 Å². The highest BCUT2D eigenvalue weighted by Crippen LogP contribution is 2.45. The molecule has 0 amide bonds. The van der Waals surface area contributed by atoms with Crippen LogP contribution in [-0.4, -0.2) is 34.4 Å². The minimum Gasteiger partial charge on any atom is -0.387 e. The molecule has 2 fully saturated rings. The molecule has 2 aromatic rings. The van der Waals surface area contributed by atoms with Gasteiger partial charge in [-0.2, -0.15) is 0 Å². The predicted octanol–water partition coefficient (Wildman–Crippen LogP) is 5.79. The average Bonchev–Trinajstić information content (AvgIpc) is 3.08. The summed E-state index contributed by atoms with van der Waals surface area (Å²) in [7, 11) is 1.67. The summed E-state index contributed by atoms with van der Waals surface area (Å²) in [5.41, 5.74) is 1.08. The van der Waals surface area contributed by atoms with Gasteiger partial charge >= 0.3 is 0 Å². The van der Waals surface area contributed by atoms with Gasteiger partial charge in [-0.25, -0.2) is 9.97 Å². The first-order valence-electron chi connectivity index (χ1n) is 11.3. The van der Waals surface area contributed by atoms with Gasteiger partial charge in [-0.15, -0.1) is 11.3 Å². The number of methoxy groups -OCH3 is 1. The molecule has 2 aromatic heterocycles. The number of aryl methyl sites for hydroxylation is 1. The molecule has 0 bridgehead atoms. The van der Waals surface area contributed by atoms with Gasteiger partial charge in [0.15, 0.2) is 0 Å². The van der Waals surface area contributed by atoms with Gasteiger partial charge in [0.05, 0.1) is 17.9 Å². The van der Waals surface area contributed by atoms with Gasteiger partial charge in [0.1, 0.15) is 10.7 Å². The largest absolute Gasteiger partial charge is 0.387 e. The molecule has 0 atom stereocenters. The van der Waals surface area contributed by atoms with Gasteiger partial charge in [-0.3, -0.25) is 0 Å². The Hall–Kier alpha value is -1.04. The average molecular weight is 417 g/mol. The molecule has 4 rings (SSSR count). The van der Waals surface area contributed by atoms with Gasteiger partial charge in [0.25, 0.3) is 0 Å². The minimum absolute atomic E-state index is 0.447. The number of aliphatic hydroxyl groups is 1. The van der Waals surface area contributed by atoms with Crippen molar-refractivity contribution in [3.8, 4) is 0 Å². The van der Waals surface area contributed by atoms with Crippen LogP contribution in [0.3, 0.4) is 0 Å². The van der Waals surface area contributed by atoms with Gasteiger partial charge in [-0.1, -0.05) is 13.8 Å². The molecule has 2 aliphatic carbocycles. The van der Waals surface area contributed by atoms with Crippen LogP contribution in [0.1, 0.15) is 87.5 Å². The molecule has 0 unspecified atom stereocenters. The fourth-order valence-corrected chi connectivity index (χ4v) is 6.53. The Kier molecular flexibility index (Phi) is 6.02. The Morgan fingerprint density at radius 3 is 2.45 bits per heavy atom. The maximum Gasteiger partial charge on any atom is 0.127 e. The Balaban J connectivity index is 1.50. The number of rotatable bonds is 5. The second-order valence-electron chi connectivity index (χ2n) is 10.3. The van der Waals surface area contributed by atoms with Gasteiger partial charge < -0.3 is 9.84 Å². The maximum absolute atomic E-state index is 10.6. The molecule has 2 saturated carbocycles. The summed E-state index contributed by atoms with van der Waals surface area (Å²) in [5, 5.41) is 11.9. The van der Waals surface area contributed by atoms with Crippen LogP contribution in [0.5, 0.6) is 0 Å². The van der Waals surface area contributed by atoms with E-state index in [2.05, 4.69) is 19.9 Å². The number of thiophene rings is 1. The van der Waals surface area contributed by atoms with E-state index in [0.717, 1.165) is 37.9 Å². The third-order valence-electron chi connectivity index (χ3n) is 7.27. The first-order chi connectivity index (χ1) is 13.8. The minimum atomic E-state index is -0.632. The molecule has 2 aliphatic rings. The van der Waals surface area contributed by atoms with E-state index in [1.165, 1.54) is 46.5 Å². The monoisotopic (exact) mass is 416 g/mol. The molecule has 0 radical (unpaired) electrons. The second kappa shape index (κ2) is 8.24. The molecular formula is C24H36N2O2S. The zero-order chi connectivity index (χ0) is 20.6. The Morgan fingerprint density at radius 2 is 1.79 bits per heavy atom. The summed E-state index contributed by atoms with van der Waals surface area (Å²) in [6.45, 7) is 7.27. The first-order valence-corrected chi connectivity index (χ1v) is 12.1. The maximum atomic E-state index is 10.6. The van der Waals surface area contributed by atoms with Crippen molar-refractivity contribution in [1.82, 2.24) is 9.97 Å². The van der Waals surface area contributed by atoms with Crippen LogP contribution in [0.4, 0.5) is 0 Å². The number of fused-ring (bicyclic) bond motifs is 1. The SMILES string of the molecule is COCC1(O)CCC(Cc2nc(C)nc3sc(C4CCC(C)(C)CC4)cc23)CC1. The molecule has 160 valence electrons. The Morgan fingerprint density at radius 1 is 1.10 bits per heavy atom. The van der Waals surface area contributed by atoms with E-state index in [1.807, 2.05) is 18.3 Å². The highest BCUT2D eigenvalue weighted by molar-refractivity contribution is 7.18. The Bertz CT molecular complexity index is 842. The van der Waals surface area contributed by atoms with Crippen molar-refractivity contribution in [2.45, 2.75) is 90.1 Å². The molecule has 4 nitrogen and oxygen atoms in total. The Labute approximate surface area is 179 Å². The lowest BCUT2D eigenvalue weighted by Gasteiger charge is -2.35. The van der Waals surface area contributed by atoms with E-state index in [1.54, 1.807) is 7.11 Å². The highest BCUT2D eigenvalue weighted by Gasteiger charge is 2.34. The summed E-state index contributed by atoms with van der Waals surface area (Å²) in [4.78, 5) is 12.3. The van der Waals surface area contributed by atoms with Crippen LogP contribution in [0, 0.1) is 18.3 Å². The number of hydrogen-bond acceptors (Lipinski definition) is 5. The molecule has 2 heterocycles. The van der Waals surface area contributed by atoms with Crippen molar-refractivity contribution >= 4 is 21.6 Å². The zero-order valence-electron chi connectivity index (χ0n) is 18.5. The highest BCUT2D eigenvalue weighted by atomic mass is 32.1.